The van der Waals surface area contributed by atoms with Crippen molar-refractivity contribution < 1.29 is 10.0 Å². The zero-order valence-corrected chi connectivity index (χ0v) is 14.8. The summed E-state index contributed by atoms with van der Waals surface area (Å²) in [5, 5.41) is 16.2. The van der Waals surface area contributed by atoms with Crippen LogP contribution in [0.15, 0.2) is 65.8 Å². The van der Waals surface area contributed by atoms with E-state index in [1.807, 2.05) is 68.5 Å². The zero-order valence-electron chi connectivity index (χ0n) is 14.8. The summed E-state index contributed by atoms with van der Waals surface area (Å²) in [6, 6.07) is 15.5. The first-order valence-electron chi connectivity index (χ1n) is 8.69. The molecule has 0 unspecified atom stereocenters. The maximum atomic E-state index is 13.4. The predicted molar refractivity (Wildman–Crippen MR) is 103 cm³/mol. The summed E-state index contributed by atoms with van der Waals surface area (Å²) in [6.45, 7) is 4.04. The predicted octanol–water partition coefficient (Wildman–Crippen LogP) is 3.66. The number of rotatable bonds is 3. The Labute approximate surface area is 152 Å². The molecule has 0 spiro atoms. The molecule has 1 saturated heterocycles. The molecular weight excluding hydrogens is 326 g/mol. The largest absolute Gasteiger partial charge is 0.411 e. The van der Waals surface area contributed by atoms with Gasteiger partial charge in [-0.3, -0.25) is 4.79 Å². The van der Waals surface area contributed by atoms with Gasteiger partial charge in [0.15, 0.2) is 0 Å². The smallest absolute Gasteiger partial charge is 0.257 e. The fourth-order valence-corrected chi connectivity index (χ4v) is 3.70. The van der Waals surface area contributed by atoms with Crippen LogP contribution in [0.25, 0.3) is 0 Å². The molecule has 26 heavy (non-hydrogen) atoms. The molecule has 1 amide bonds. The average molecular weight is 347 g/mol. The second kappa shape index (κ2) is 6.02. The van der Waals surface area contributed by atoms with Crippen LogP contribution in [0.2, 0.25) is 0 Å². The molecule has 5 heteroatoms. The van der Waals surface area contributed by atoms with Gasteiger partial charge in [-0.2, -0.15) is 0 Å². The maximum absolute atomic E-state index is 13.4. The Morgan fingerprint density at radius 3 is 2.31 bits per heavy atom. The molecule has 1 fully saturated rings. The number of nitrogens with zero attached hydrogens (tertiary/aromatic N) is 2. The van der Waals surface area contributed by atoms with Gasteiger partial charge in [0.25, 0.3) is 5.91 Å². The number of hydrogen-bond donors (Lipinski definition) is 2. The number of anilines is 2. The molecule has 0 saturated carbocycles. The van der Waals surface area contributed by atoms with E-state index in [0.29, 0.717) is 12.1 Å². The molecule has 2 bridgehead atoms. The Morgan fingerprint density at radius 2 is 1.69 bits per heavy atom. The van der Waals surface area contributed by atoms with Crippen LogP contribution >= 0.6 is 0 Å². The monoisotopic (exact) mass is 347 g/mol. The van der Waals surface area contributed by atoms with Gasteiger partial charge in [0.2, 0.25) is 0 Å². The lowest BCUT2D eigenvalue weighted by atomic mass is 9.87. The lowest BCUT2D eigenvalue weighted by Crippen LogP contribution is -2.45. The van der Waals surface area contributed by atoms with E-state index < -0.39 is 5.54 Å². The van der Waals surface area contributed by atoms with Crippen molar-refractivity contribution in [2.45, 2.75) is 31.8 Å². The first kappa shape index (κ1) is 16.4. The van der Waals surface area contributed by atoms with Crippen LogP contribution in [0.1, 0.15) is 17.5 Å². The minimum absolute atomic E-state index is 0.0400. The molecule has 2 N–H and O–H groups in total. The van der Waals surface area contributed by atoms with E-state index in [-0.39, 0.29) is 11.9 Å². The molecular formula is C21H21N3O2. The van der Waals surface area contributed by atoms with E-state index in [1.165, 1.54) is 5.56 Å². The van der Waals surface area contributed by atoms with Gasteiger partial charge in [0, 0.05) is 17.8 Å². The van der Waals surface area contributed by atoms with E-state index in [9.17, 15) is 10.0 Å². The molecule has 2 atom stereocenters. The van der Waals surface area contributed by atoms with E-state index >= 15 is 0 Å². The zero-order chi connectivity index (χ0) is 18.3. The van der Waals surface area contributed by atoms with Gasteiger partial charge in [-0.25, -0.2) is 0 Å². The van der Waals surface area contributed by atoms with Crippen LogP contribution in [-0.4, -0.2) is 28.4 Å². The molecule has 5 nitrogen and oxygen atoms in total. The average Bonchev–Trinajstić information content (AvgIpc) is 2.86. The van der Waals surface area contributed by atoms with Gasteiger partial charge in [0.1, 0.15) is 11.3 Å². The summed E-state index contributed by atoms with van der Waals surface area (Å²) in [6.07, 6.45) is 4.07. The Hall–Kier alpha value is -3.08. The topological polar surface area (TPSA) is 64.9 Å². The van der Waals surface area contributed by atoms with E-state index in [1.54, 1.807) is 11.0 Å². The quantitative estimate of drug-likeness (QED) is 0.658. The SMILES string of the molecule is Cc1ccc(N[C@@]23C=C/C(=N\O)[C@@H](C2)N(c2ccc(C)cc2)C3=O)cc1. The first-order chi connectivity index (χ1) is 12.5. The van der Waals surface area contributed by atoms with E-state index in [2.05, 4.69) is 10.5 Å². The highest BCUT2D eigenvalue weighted by Gasteiger charge is 2.54. The molecule has 1 heterocycles. The third-order valence-corrected chi connectivity index (χ3v) is 5.15. The van der Waals surface area contributed by atoms with Crippen molar-refractivity contribution in [2.24, 2.45) is 5.16 Å². The third-order valence-electron chi connectivity index (χ3n) is 5.15. The Balaban J connectivity index is 1.74. The summed E-state index contributed by atoms with van der Waals surface area (Å²) in [5.41, 5.74) is 3.66. The highest BCUT2D eigenvalue weighted by molar-refractivity contribution is 6.18. The molecule has 2 aromatic carbocycles. The van der Waals surface area contributed by atoms with Gasteiger partial charge >= 0.3 is 0 Å². The van der Waals surface area contributed by atoms with E-state index in [4.69, 9.17) is 0 Å². The van der Waals surface area contributed by atoms with Crippen LogP contribution in [0.4, 0.5) is 11.4 Å². The lowest BCUT2D eigenvalue weighted by molar-refractivity contribution is -0.119. The third kappa shape index (κ3) is 2.56. The molecule has 0 radical (unpaired) electrons. The highest BCUT2D eigenvalue weighted by atomic mass is 16.4. The van der Waals surface area contributed by atoms with Gasteiger partial charge in [-0.1, -0.05) is 40.5 Å². The summed E-state index contributed by atoms with van der Waals surface area (Å²) in [5.74, 6) is -0.0400. The number of aryl methyl sites for hydroxylation is 2. The van der Waals surface area contributed by atoms with Crippen molar-refractivity contribution in [3.63, 3.8) is 0 Å². The van der Waals surface area contributed by atoms with Gasteiger partial charge in [-0.15, -0.1) is 0 Å². The fourth-order valence-electron chi connectivity index (χ4n) is 3.70. The Morgan fingerprint density at radius 1 is 1.08 bits per heavy atom. The van der Waals surface area contributed by atoms with Crippen LogP contribution in [0.3, 0.4) is 0 Å². The van der Waals surface area contributed by atoms with E-state index in [0.717, 1.165) is 16.9 Å². The second-order valence-corrected chi connectivity index (χ2v) is 7.05. The molecule has 0 aromatic heterocycles. The highest BCUT2D eigenvalue weighted by Crippen LogP contribution is 2.40. The first-order valence-corrected chi connectivity index (χ1v) is 8.69. The summed E-state index contributed by atoms with van der Waals surface area (Å²) in [4.78, 5) is 15.1. The molecule has 2 aromatic rings. The minimum atomic E-state index is -0.834. The molecule has 1 aliphatic heterocycles. The van der Waals surface area contributed by atoms with Crippen molar-refractivity contribution in [1.82, 2.24) is 0 Å². The number of benzene rings is 2. The molecule has 2 aliphatic rings. The number of oxime groups is 1. The van der Waals surface area contributed by atoms with Crippen molar-refractivity contribution in [1.29, 1.82) is 0 Å². The number of amides is 1. The summed E-state index contributed by atoms with van der Waals surface area (Å²) < 4.78 is 0. The number of fused-ring (bicyclic) bond motifs is 2. The Bertz CT molecular complexity index is 900. The van der Waals surface area contributed by atoms with Crippen molar-refractivity contribution in [3.8, 4) is 0 Å². The summed E-state index contributed by atoms with van der Waals surface area (Å²) >= 11 is 0. The summed E-state index contributed by atoms with van der Waals surface area (Å²) in [7, 11) is 0. The number of carbonyl (C=O) groups excluding carboxylic acids is 1. The van der Waals surface area contributed by atoms with Crippen LogP contribution in [0, 0.1) is 13.8 Å². The van der Waals surface area contributed by atoms with Crippen molar-refractivity contribution >= 4 is 23.0 Å². The van der Waals surface area contributed by atoms with Crippen LogP contribution in [-0.2, 0) is 4.79 Å². The number of nitrogens with one attached hydrogen (secondary N) is 1. The number of hydrogen-bond acceptors (Lipinski definition) is 4. The van der Waals surface area contributed by atoms with Crippen molar-refractivity contribution in [3.05, 3.63) is 71.8 Å². The molecule has 1 aliphatic carbocycles. The number of carbonyl (C=O) groups is 1. The lowest BCUT2D eigenvalue weighted by Gasteiger charge is -2.27. The minimum Gasteiger partial charge on any atom is -0.411 e. The Kier molecular flexibility index (Phi) is 3.80. The van der Waals surface area contributed by atoms with Crippen LogP contribution < -0.4 is 10.2 Å². The molecule has 4 rings (SSSR count). The van der Waals surface area contributed by atoms with Gasteiger partial charge in [-0.05, 0) is 50.3 Å². The van der Waals surface area contributed by atoms with Crippen LogP contribution in [0.5, 0.6) is 0 Å². The maximum Gasteiger partial charge on any atom is 0.257 e. The van der Waals surface area contributed by atoms with Crippen molar-refractivity contribution in [2.75, 3.05) is 10.2 Å². The van der Waals surface area contributed by atoms with Gasteiger partial charge < -0.3 is 15.4 Å². The van der Waals surface area contributed by atoms with Gasteiger partial charge in [0.05, 0.1) is 6.04 Å². The standard InChI is InChI=1S/C21H21N3O2/c1-14-3-7-16(8-4-14)22-21-12-11-18(23-26)19(13-21)24(20(21)25)17-9-5-15(2)6-10-17/h3-12,19,22,26H,13H2,1-2H3/b23-18+/t19-,21+/m1/s1. The fraction of sp³-hybridized carbons (Fsp3) is 0.238. The normalized spacial score (nSPS) is 25.8. The molecule has 132 valence electrons. The second-order valence-electron chi connectivity index (χ2n) is 7.05.